The van der Waals surface area contributed by atoms with E-state index in [1.165, 1.54) is 25.5 Å². The van der Waals surface area contributed by atoms with Crippen molar-refractivity contribution in [1.29, 1.82) is 0 Å². The first-order valence-electron chi connectivity index (χ1n) is 10.4. The monoisotopic (exact) mass is 460 g/mol. The number of benzene rings is 3. The fourth-order valence-electron chi connectivity index (χ4n) is 4.31. The fraction of sp³-hybridized carbons (Fsp3) is 0.154. The molecular formula is C26H20O8. The number of carbonyl (C=O) groups is 1. The average molecular weight is 460 g/mol. The molecule has 5 rings (SSSR count). The summed E-state index contributed by atoms with van der Waals surface area (Å²) in [6.45, 7) is 0. The van der Waals surface area contributed by atoms with Gasteiger partial charge in [-0.05, 0) is 35.4 Å². The number of phenolic OH excluding ortho intramolecular Hbond substituents is 2. The number of hydrogen-bond donors (Lipinski definition) is 2. The number of rotatable bonds is 4. The van der Waals surface area contributed by atoms with Gasteiger partial charge in [-0.25, -0.2) is 0 Å². The lowest BCUT2D eigenvalue weighted by Crippen LogP contribution is -2.22. The van der Waals surface area contributed by atoms with Crippen LogP contribution in [0.3, 0.4) is 0 Å². The van der Waals surface area contributed by atoms with Gasteiger partial charge >= 0.3 is 5.97 Å². The fourth-order valence-corrected chi connectivity index (χ4v) is 4.31. The molecule has 34 heavy (non-hydrogen) atoms. The van der Waals surface area contributed by atoms with E-state index in [0.717, 1.165) is 0 Å². The van der Waals surface area contributed by atoms with Crippen LogP contribution in [0.15, 0.2) is 64.0 Å². The molecule has 8 heteroatoms. The van der Waals surface area contributed by atoms with Gasteiger partial charge in [-0.15, -0.1) is 0 Å². The standard InChI is InChI=1S/C26H20O8/c1-31-15-6-3-13(4-7-15)17-12-33-26-23-16(14-5-8-20(32-2)18(27)9-14)10-22(29)34-21(23)11-19(28)24(26)25(17)30/h3-9,11-12,16,27-28H,10H2,1-2H3/t16-/m1/s1. The summed E-state index contributed by atoms with van der Waals surface area (Å²) in [5, 5.41) is 20.9. The number of esters is 1. The van der Waals surface area contributed by atoms with Crippen molar-refractivity contribution in [3.05, 3.63) is 76.1 Å². The molecule has 2 heterocycles. The van der Waals surface area contributed by atoms with Crippen molar-refractivity contribution in [2.24, 2.45) is 0 Å². The molecule has 0 amide bonds. The molecule has 8 nitrogen and oxygen atoms in total. The van der Waals surface area contributed by atoms with E-state index < -0.39 is 17.3 Å². The quantitative estimate of drug-likeness (QED) is 0.342. The molecule has 1 aliphatic heterocycles. The van der Waals surface area contributed by atoms with Gasteiger partial charge in [-0.2, -0.15) is 0 Å². The highest BCUT2D eigenvalue weighted by atomic mass is 16.5. The Morgan fingerprint density at radius 2 is 1.71 bits per heavy atom. The Morgan fingerprint density at radius 3 is 2.38 bits per heavy atom. The third-order valence-electron chi connectivity index (χ3n) is 5.98. The van der Waals surface area contributed by atoms with Crippen molar-refractivity contribution in [2.45, 2.75) is 12.3 Å². The largest absolute Gasteiger partial charge is 0.507 e. The maximum atomic E-state index is 13.4. The van der Waals surface area contributed by atoms with Crippen LogP contribution in [0.4, 0.5) is 0 Å². The summed E-state index contributed by atoms with van der Waals surface area (Å²) >= 11 is 0. The second-order valence-corrected chi connectivity index (χ2v) is 7.88. The molecular weight excluding hydrogens is 440 g/mol. The highest BCUT2D eigenvalue weighted by Crippen LogP contribution is 2.46. The number of carbonyl (C=O) groups excluding carboxylic acids is 1. The SMILES string of the molecule is COc1ccc(-c2coc3c4c(cc(O)c3c2=O)OC(=O)C[C@@H]4c2ccc(OC)c(O)c2)cc1. The van der Waals surface area contributed by atoms with Crippen molar-refractivity contribution >= 4 is 16.9 Å². The van der Waals surface area contributed by atoms with Crippen LogP contribution in [0.25, 0.3) is 22.1 Å². The van der Waals surface area contributed by atoms with Gasteiger partial charge in [-0.3, -0.25) is 9.59 Å². The molecule has 1 atom stereocenters. The van der Waals surface area contributed by atoms with E-state index in [-0.39, 0.29) is 46.0 Å². The Morgan fingerprint density at radius 1 is 0.941 bits per heavy atom. The molecule has 0 unspecified atom stereocenters. The zero-order valence-electron chi connectivity index (χ0n) is 18.3. The van der Waals surface area contributed by atoms with Crippen LogP contribution < -0.4 is 19.6 Å². The minimum atomic E-state index is -0.578. The van der Waals surface area contributed by atoms with Gasteiger partial charge < -0.3 is 28.8 Å². The second kappa shape index (κ2) is 8.15. The van der Waals surface area contributed by atoms with E-state index in [9.17, 15) is 19.8 Å². The van der Waals surface area contributed by atoms with Crippen LogP contribution >= 0.6 is 0 Å². The Balaban J connectivity index is 1.72. The van der Waals surface area contributed by atoms with Gasteiger partial charge in [0.2, 0.25) is 5.43 Å². The Labute approximate surface area is 193 Å². The van der Waals surface area contributed by atoms with Gasteiger partial charge in [0.25, 0.3) is 0 Å². The van der Waals surface area contributed by atoms with E-state index in [4.69, 9.17) is 18.6 Å². The average Bonchev–Trinajstić information content (AvgIpc) is 2.83. The van der Waals surface area contributed by atoms with Crippen molar-refractivity contribution < 1.29 is 33.6 Å². The normalized spacial score (nSPS) is 15.0. The Kier molecular flexibility index (Phi) is 5.13. The number of phenols is 2. The molecule has 4 aromatic rings. The smallest absolute Gasteiger partial charge is 0.312 e. The van der Waals surface area contributed by atoms with Crippen LogP contribution in [0, 0.1) is 0 Å². The number of hydrogen-bond acceptors (Lipinski definition) is 8. The third-order valence-corrected chi connectivity index (χ3v) is 5.98. The van der Waals surface area contributed by atoms with Crippen LogP contribution in [0.2, 0.25) is 0 Å². The molecule has 0 aliphatic carbocycles. The minimum Gasteiger partial charge on any atom is -0.507 e. The molecule has 172 valence electrons. The molecule has 1 aliphatic rings. The zero-order valence-corrected chi connectivity index (χ0v) is 18.3. The number of fused-ring (bicyclic) bond motifs is 3. The molecule has 3 aromatic carbocycles. The molecule has 0 fully saturated rings. The first-order chi connectivity index (χ1) is 16.4. The predicted molar refractivity (Wildman–Crippen MR) is 123 cm³/mol. The van der Waals surface area contributed by atoms with Crippen molar-refractivity contribution in [1.82, 2.24) is 0 Å². The Hall–Kier alpha value is -4.46. The molecule has 0 spiro atoms. The maximum Gasteiger partial charge on any atom is 0.312 e. The first-order valence-corrected chi connectivity index (χ1v) is 10.4. The van der Waals surface area contributed by atoms with E-state index in [1.807, 2.05) is 0 Å². The molecule has 0 saturated carbocycles. The lowest BCUT2D eigenvalue weighted by Gasteiger charge is -2.26. The van der Waals surface area contributed by atoms with Crippen LogP contribution in [-0.2, 0) is 4.79 Å². The Bertz CT molecular complexity index is 1480. The summed E-state index contributed by atoms with van der Waals surface area (Å²) in [4.78, 5) is 25.7. The molecule has 1 aromatic heterocycles. The topological polar surface area (TPSA) is 115 Å². The third kappa shape index (κ3) is 3.40. The summed E-state index contributed by atoms with van der Waals surface area (Å²) in [6.07, 6.45) is 1.29. The van der Waals surface area contributed by atoms with Crippen LogP contribution in [0.1, 0.15) is 23.5 Å². The van der Waals surface area contributed by atoms with E-state index in [1.54, 1.807) is 43.5 Å². The zero-order chi connectivity index (χ0) is 24.0. The van der Waals surface area contributed by atoms with E-state index >= 15 is 0 Å². The highest BCUT2D eigenvalue weighted by Gasteiger charge is 2.34. The van der Waals surface area contributed by atoms with Crippen molar-refractivity contribution in [3.8, 4) is 39.9 Å². The van der Waals surface area contributed by atoms with Gasteiger partial charge in [0, 0.05) is 17.5 Å². The maximum absolute atomic E-state index is 13.4. The summed E-state index contributed by atoms with van der Waals surface area (Å²) in [6, 6.07) is 12.9. The second-order valence-electron chi connectivity index (χ2n) is 7.88. The van der Waals surface area contributed by atoms with Gasteiger partial charge in [0.05, 0.1) is 26.2 Å². The van der Waals surface area contributed by atoms with E-state index in [0.29, 0.717) is 22.4 Å². The van der Waals surface area contributed by atoms with Crippen LogP contribution in [-0.4, -0.2) is 30.4 Å². The molecule has 0 radical (unpaired) electrons. The number of aromatic hydroxyl groups is 2. The van der Waals surface area contributed by atoms with Gasteiger partial charge in [0.15, 0.2) is 11.5 Å². The predicted octanol–water partition coefficient (Wildman–Crippen LogP) is 4.33. The molecule has 2 N–H and O–H groups in total. The summed E-state index contributed by atoms with van der Waals surface area (Å²) in [5.41, 5.74) is 1.58. The number of ether oxygens (including phenoxy) is 3. The lowest BCUT2D eigenvalue weighted by molar-refractivity contribution is -0.135. The summed E-state index contributed by atoms with van der Waals surface area (Å²) in [7, 11) is 2.99. The molecule has 0 saturated heterocycles. The van der Waals surface area contributed by atoms with Gasteiger partial charge in [-0.1, -0.05) is 18.2 Å². The van der Waals surface area contributed by atoms with Crippen molar-refractivity contribution in [2.75, 3.05) is 14.2 Å². The van der Waals surface area contributed by atoms with E-state index in [2.05, 4.69) is 0 Å². The summed E-state index contributed by atoms with van der Waals surface area (Å²) in [5.74, 6) is -0.514. The minimum absolute atomic E-state index is 0.0206. The first kappa shape index (κ1) is 21.4. The summed E-state index contributed by atoms with van der Waals surface area (Å²) < 4.78 is 21.5. The lowest BCUT2D eigenvalue weighted by atomic mass is 9.84. The van der Waals surface area contributed by atoms with Crippen LogP contribution in [0.5, 0.6) is 28.7 Å². The highest BCUT2D eigenvalue weighted by molar-refractivity contribution is 5.94. The van der Waals surface area contributed by atoms with Crippen molar-refractivity contribution in [3.63, 3.8) is 0 Å². The van der Waals surface area contributed by atoms with Gasteiger partial charge in [0.1, 0.15) is 34.5 Å². The number of methoxy groups -OCH3 is 2. The molecule has 0 bridgehead atoms.